The quantitative estimate of drug-likeness (QED) is 0.891. The Labute approximate surface area is 110 Å². The summed E-state index contributed by atoms with van der Waals surface area (Å²) in [4.78, 5) is 11.9. The molecule has 1 aromatic rings. The number of nitrogens with one attached hydrogen (secondary N) is 1. The molecule has 0 heterocycles. The van der Waals surface area contributed by atoms with Gasteiger partial charge in [0.25, 0.3) is 5.91 Å². The van der Waals surface area contributed by atoms with Crippen molar-refractivity contribution < 1.29 is 9.53 Å². The molecule has 0 aliphatic heterocycles. The number of rotatable bonds is 4. The zero-order valence-corrected chi connectivity index (χ0v) is 11.9. The van der Waals surface area contributed by atoms with E-state index in [2.05, 4.69) is 26.1 Å². The first-order valence-corrected chi connectivity index (χ1v) is 6.25. The van der Waals surface area contributed by atoms with Crippen LogP contribution in [-0.4, -0.2) is 25.7 Å². The summed E-state index contributed by atoms with van der Waals surface area (Å²) in [7, 11) is 1.63. The van der Waals surface area contributed by atoms with Crippen LogP contribution in [0.15, 0.2) is 24.3 Å². The molecule has 1 amide bonds. The van der Waals surface area contributed by atoms with E-state index in [0.29, 0.717) is 12.2 Å². The van der Waals surface area contributed by atoms with Gasteiger partial charge in [-0.3, -0.25) is 4.79 Å². The topological polar surface area (TPSA) is 38.3 Å². The van der Waals surface area contributed by atoms with E-state index in [1.165, 1.54) is 5.56 Å². The first kappa shape index (κ1) is 14.7. The molecule has 100 valence electrons. The molecule has 0 spiro atoms. The molecule has 3 nitrogen and oxygen atoms in total. The maximum absolute atomic E-state index is 11.9. The number of hydrogen-bond donors (Lipinski definition) is 1. The van der Waals surface area contributed by atoms with Crippen LogP contribution in [0.1, 0.15) is 43.6 Å². The molecule has 0 aliphatic carbocycles. The van der Waals surface area contributed by atoms with Crippen molar-refractivity contribution in [1.82, 2.24) is 5.32 Å². The minimum absolute atomic E-state index is 0.0183. The highest BCUT2D eigenvalue weighted by Crippen LogP contribution is 2.22. The highest BCUT2D eigenvalue weighted by Gasteiger charge is 2.14. The van der Waals surface area contributed by atoms with Crippen LogP contribution >= 0.6 is 0 Å². The minimum atomic E-state index is -0.0555. The lowest BCUT2D eigenvalue weighted by atomic mass is 9.86. The Morgan fingerprint density at radius 3 is 2.28 bits per heavy atom. The number of methoxy groups -OCH3 is 1. The fraction of sp³-hybridized carbons (Fsp3) is 0.533. The molecule has 0 saturated carbocycles. The maximum Gasteiger partial charge on any atom is 0.251 e. The summed E-state index contributed by atoms with van der Waals surface area (Å²) in [6.07, 6.45) is 0. The van der Waals surface area contributed by atoms with E-state index >= 15 is 0 Å². The molecule has 0 unspecified atom stereocenters. The van der Waals surface area contributed by atoms with Crippen molar-refractivity contribution in [2.75, 3.05) is 13.7 Å². The van der Waals surface area contributed by atoms with Gasteiger partial charge >= 0.3 is 0 Å². The monoisotopic (exact) mass is 249 g/mol. The standard InChI is InChI=1S/C15H23NO2/c1-11(10-18-5)16-14(17)12-6-8-13(9-7-12)15(2,3)4/h6-9,11H,10H2,1-5H3,(H,16,17)/t11-/m1/s1. The van der Waals surface area contributed by atoms with E-state index in [1.54, 1.807) is 7.11 Å². The van der Waals surface area contributed by atoms with Gasteiger partial charge in [0.2, 0.25) is 0 Å². The second-order valence-electron chi connectivity index (χ2n) is 5.66. The van der Waals surface area contributed by atoms with Gasteiger partial charge in [-0.05, 0) is 30.0 Å². The van der Waals surface area contributed by atoms with Gasteiger partial charge < -0.3 is 10.1 Å². The molecular weight excluding hydrogens is 226 g/mol. The van der Waals surface area contributed by atoms with Crippen molar-refractivity contribution in [3.05, 3.63) is 35.4 Å². The Hall–Kier alpha value is -1.35. The molecule has 1 aromatic carbocycles. The first-order chi connectivity index (χ1) is 8.34. The van der Waals surface area contributed by atoms with Gasteiger partial charge in [-0.15, -0.1) is 0 Å². The van der Waals surface area contributed by atoms with Crippen LogP contribution in [0.5, 0.6) is 0 Å². The Balaban J connectivity index is 2.71. The van der Waals surface area contributed by atoms with Crippen LogP contribution in [0.3, 0.4) is 0 Å². The Kier molecular flexibility index (Phi) is 4.91. The van der Waals surface area contributed by atoms with Gasteiger partial charge in [0.1, 0.15) is 0 Å². The van der Waals surface area contributed by atoms with Crippen molar-refractivity contribution in [2.24, 2.45) is 0 Å². The summed E-state index contributed by atoms with van der Waals surface area (Å²) in [5.74, 6) is -0.0555. The minimum Gasteiger partial charge on any atom is -0.383 e. The molecule has 18 heavy (non-hydrogen) atoms. The molecule has 0 bridgehead atoms. The van der Waals surface area contributed by atoms with Gasteiger partial charge in [-0.25, -0.2) is 0 Å². The SMILES string of the molecule is COC[C@@H](C)NC(=O)c1ccc(C(C)(C)C)cc1. The lowest BCUT2D eigenvalue weighted by Crippen LogP contribution is -2.35. The van der Waals surface area contributed by atoms with Gasteiger partial charge in [0.15, 0.2) is 0 Å². The number of carbonyl (C=O) groups is 1. The average Bonchev–Trinajstić information content (AvgIpc) is 2.28. The van der Waals surface area contributed by atoms with Crippen molar-refractivity contribution in [2.45, 2.75) is 39.2 Å². The van der Waals surface area contributed by atoms with Crippen LogP contribution in [-0.2, 0) is 10.2 Å². The Morgan fingerprint density at radius 2 is 1.83 bits per heavy atom. The van der Waals surface area contributed by atoms with E-state index in [4.69, 9.17) is 4.74 Å². The summed E-state index contributed by atoms with van der Waals surface area (Å²) < 4.78 is 4.99. The Morgan fingerprint density at radius 1 is 1.28 bits per heavy atom. The third-order valence-electron chi connectivity index (χ3n) is 2.81. The third kappa shape index (κ3) is 4.15. The largest absolute Gasteiger partial charge is 0.383 e. The molecule has 0 radical (unpaired) electrons. The van der Waals surface area contributed by atoms with Gasteiger partial charge in [-0.1, -0.05) is 32.9 Å². The van der Waals surface area contributed by atoms with E-state index in [0.717, 1.165) is 0 Å². The second-order valence-corrected chi connectivity index (χ2v) is 5.66. The lowest BCUT2D eigenvalue weighted by molar-refractivity contribution is 0.0905. The fourth-order valence-electron chi connectivity index (χ4n) is 1.72. The number of hydrogen-bond acceptors (Lipinski definition) is 2. The summed E-state index contributed by atoms with van der Waals surface area (Å²) in [5.41, 5.74) is 2.02. The van der Waals surface area contributed by atoms with E-state index in [9.17, 15) is 4.79 Å². The smallest absolute Gasteiger partial charge is 0.251 e. The highest BCUT2D eigenvalue weighted by molar-refractivity contribution is 5.94. The maximum atomic E-state index is 11.9. The lowest BCUT2D eigenvalue weighted by Gasteiger charge is -2.19. The number of carbonyl (C=O) groups excluding carboxylic acids is 1. The van der Waals surface area contributed by atoms with Crippen molar-refractivity contribution >= 4 is 5.91 Å². The van der Waals surface area contributed by atoms with E-state index in [-0.39, 0.29) is 17.4 Å². The average molecular weight is 249 g/mol. The van der Waals surface area contributed by atoms with Gasteiger partial charge in [-0.2, -0.15) is 0 Å². The Bertz CT molecular complexity index is 390. The molecule has 1 rings (SSSR count). The number of ether oxygens (including phenoxy) is 1. The van der Waals surface area contributed by atoms with Crippen molar-refractivity contribution in [3.8, 4) is 0 Å². The second kappa shape index (κ2) is 6.01. The van der Waals surface area contributed by atoms with E-state index < -0.39 is 0 Å². The molecule has 0 aromatic heterocycles. The molecule has 0 aliphatic rings. The summed E-state index contributed by atoms with van der Waals surface area (Å²) in [6.45, 7) is 8.91. The summed E-state index contributed by atoms with van der Waals surface area (Å²) in [5, 5.41) is 2.89. The number of benzene rings is 1. The summed E-state index contributed by atoms with van der Waals surface area (Å²) in [6, 6.07) is 7.78. The normalized spacial score (nSPS) is 13.2. The predicted octanol–water partition coefficient (Wildman–Crippen LogP) is 2.75. The number of amides is 1. The van der Waals surface area contributed by atoms with Crippen LogP contribution in [0, 0.1) is 0 Å². The van der Waals surface area contributed by atoms with Gasteiger partial charge in [0.05, 0.1) is 6.61 Å². The van der Waals surface area contributed by atoms with Crippen molar-refractivity contribution in [3.63, 3.8) is 0 Å². The van der Waals surface area contributed by atoms with Crippen LogP contribution in [0.4, 0.5) is 0 Å². The zero-order valence-electron chi connectivity index (χ0n) is 11.9. The molecule has 3 heteroatoms. The van der Waals surface area contributed by atoms with Gasteiger partial charge in [0, 0.05) is 18.7 Å². The predicted molar refractivity (Wildman–Crippen MR) is 73.9 cm³/mol. The third-order valence-corrected chi connectivity index (χ3v) is 2.81. The molecule has 1 N–H and O–H groups in total. The van der Waals surface area contributed by atoms with Crippen molar-refractivity contribution in [1.29, 1.82) is 0 Å². The first-order valence-electron chi connectivity index (χ1n) is 6.25. The molecule has 1 atom stereocenters. The zero-order chi connectivity index (χ0) is 13.8. The van der Waals surface area contributed by atoms with Crippen LogP contribution < -0.4 is 5.32 Å². The van der Waals surface area contributed by atoms with Crippen LogP contribution in [0.25, 0.3) is 0 Å². The molecule has 0 saturated heterocycles. The van der Waals surface area contributed by atoms with E-state index in [1.807, 2.05) is 31.2 Å². The van der Waals surface area contributed by atoms with Crippen LogP contribution in [0.2, 0.25) is 0 Å². The summed E-state index contributed by atoms with van der Waals surface area (Å²) >= 11 is 0. The molecular formula is C15H23NO2. The highest BCUT2D eigenvalue weighted by atomic mass is 16.5. The fourth-order valence-corrected chi connectivity index (χ4v) is 1.72. The molecule has 0 fully saturated rings.